The summed E-state index contributed by atoms with van der Waals surface area (Å²) in [5.74, 6) is 0.618. The minimum absolute atomic E-state index is 0.618. The van der Waals surface area contributed by atoms with E-state index in [1.54, 1.807) is 23.1 Å². The second-order valence-electron chi connectivity index (χ2n) is 3.20. The molecule has 0 atom stereocenters. The van der Waals surface area contributed by atoms with Crippen LogP contribution < -0.4 is 0 Å². The summed E-state index contributed by atoms with van der Waals surface area (Å²) in [6, 6.07) is 6.68. The Balaban J connectivity index is 2.67. The summed E-state index contributed by atoms with van der Waals surface area (Å²) in [7, 11) is 0. The first-order chi connectivity index (χ1) is 6.74. The lowest BCUT2D eigenvalue weighted by molar-refractivity contribution is 1.42. The molecule has 0 fully saturated rings. The van der Waals surface area contributed by atoms with Gasteiger partial charge in [-0.1, -0.05) is 0 Å². The zero-order valence-corrected chi connectivity index (χ0v) is 10.5. The van der Waals surface area contributed by atoms with Gasteiger partial charge in [0.25, 0.3) is 0 Å². The molecule has 0 saturated heterocycles. The zero-order valence-electron chi connectivity index (χ0n) is 8.13. The molecule has 0 amide bonds. The van der Waals surface area contributed by atoms with Crippen LogP contribution in [0.2, 0.25) is 0 Å². The van der Waals surface area contributed by atoms with E-state index < -0.39 is 0 Å². The van der Waals surface area contributed by atoms with Crippen molar-refractivity contribution in [3.63, 3.8) is 0 Å². The first-order valence-electron chi connectivity index (χ1n) is 4.37. The van der Waals surface area contributed by atoms with Crippen LogP contribution in [0.3, 0.4) is 0 Å². The van der Waals surface area contributed by atoms with E-state index in [1.807, 2.05) is 0 Å². The lowest BCUT2D eigenvalue weighted by Gasteiger charge is -1.99. The van der Waals surface area contributed by atoms with Crippen LogP contribution in [0.4, 0.5) is 0 Å². The van der Waals surface area contributed by atoms with Crippen molar-refractivity contribution in [2.24, 2.45) is 0 Å². The molecule has 0 N–H and O–H groups in total. The Labute approximate surface area is 97.3 Å². The third kappa shape index (κ3) is 1.79. The smallest absolute Gasteiger partial charge is 0.0568 e. The molecule has 3 heteroatoms. The fourth-order valence-corrected chi connectivity index (χ4v) is 3.39. The Morgan fingerprint density at radius 3 is 2.79 bits per heavy atom. The number of fused-ring (bicyclic) bond motifs is 1. The van der Waals surface area contributed by atoms with E-state index >= 15 is 0 Å². The number of aryl methyl sites for hydroxylation is 1. The van der Waals surface area contributed by atoms with E-state index in [0.717, 1.165) is 0 Å². The zero-order chi connectivity index (χ0) is 10.1. The highest BCUT2D eigenvalue weighted by Crippen LogP contribution is 2.32. The Kier molecular flexibility index (Phi) is 3.05. The normalized spacial score (nSPS) is 11.1. The maximum absolute atomic E-state index is 5.83. The van der Waals surface area contributed by atoms with Crippen LogP contribution >= 0.6 is 34.7 Å². The number of rotatable bonds is 2. The molecule has 0 unspecified atom stereocenters. The highest BCUT2D eigenvalue weighted by atomic mass is 35.5. The van der Waals surface area contributed by atoms with E-state index in [4.69, 9.17) is 11.6 Å². The van der Waals surface area contributed by atoms with Crippen molar-refractivity contribution in [1.82, 2.24) is 0 Å². The Hall–Kier alpha value is -0.180. The summed E-state index contributed by atoms with van der Waals surface area (Å²) in [5.41, 5.74) is 1.35. The Morgan fingerprint density at radius 2 is 2.14 bits per heavy atom. The molecule has 0 aliphatic heterocycles. The molecule has 1 aromatic carbocycles. The first kappa shape index (κ1) is 10.3. The van der Waals surface area contributed by atoms with Crippen LogP contribution in [0.15, 0.2) is 23.1 Å². The molecule has 0 nitrogen and oxygen atoms in total. The summed E-state index contributed by atoms with van der Waals surface area (Å²) in [6.45, 7) is 2.16. The van der Waals surface area contributed by atoms with E-state index in [1.165, 1.54) is 25.4 Å². The molecular formula is C11H11ClS2. The summed E-state index contributed by atoms with van der Waals surface area (Å²) in [5, 5.41) is 1.35. The van der Waals surface area contributed by atoms with Crippen LogP contribution in [0, 0.1) is 6.92 Å². The van der Waals surface area contributed by atoms with Crippen molar-refractivity contribution < 1.29 is 0 Å². The topological polar surface area (TPSA) is 0 Å². The van der Waals surface area contributed by atoms with E-state index in [0.29, 0.717) is 5.88 Å². The van der Waals surface area contributed by atoms with Gasteiger partial charge in [0.15, 0.2) is 0 Å². The van der Waals surface area contributed by atoms with Gasteiger partial charge in [-0.05, 0) is 42.3 Å². The third-order valence-corrected chi connectivity index (χ3v) is 4.47. The van der Waals surface area contributed by atoms with E-state index in [2.05, 4.69) is 31.4 Å². The molecular weight excluding hydrogens is 232 g/mol. The maximum Gasteiger partial charge on any atom is 0.0568 e. The first-order valence-corrected chi connectivity index (χ1v) is 6.95. The second kappa shape index (κ2) is 4.13. The number of hydrogen-bond acceptors (Lipinski definition) is 2. The average Bonchev–Trinajstić information content (AvgIpc) is 2.61. The molecule has 0 spiro atoms. The Morgan fingerprint density at radius 1 is 1.36 bits per heavy atom. The predicted octanol–water partition coefficient (Wildman–Crippen LogP) is 4.67. The fourth-order valence-electron chi connectivity index (χ4n) is 1.52. The van der Waals surface area contributed by atoms with Crippen LogP contribution in [-0.2, 0) is 5.88 Å². The van der Waals surface area contributed by atoms with E-state index in [9.17, 15) is 0 Å². The van der Waals surface area contributed by atoms with Crippen molar-refractivity contribution >= 4 is 44.8 Å². The number of benzene rings is 1. The number of hydrogen-bond donors (Lipinski definition) is 0. The standard InChI is InChI=1S/C11H11ClS2/c1-7-3-8(13-2)5-11-10(7)4-9(6-12)14-11/h3-5H,6H2,1-2H3. The molecule has 0 saturated carbocycles. The minimum Gasteiger partial charge on any atom is -0.139 e. The molecule has 0 bridgehead atoms. The molecule has 2 rings (SSSR count). The third-order valence-electron chi connectivity index (χ3n) is 2.24. The molecule has 2 aromatic rings. The monoisotopic (exact) mass is 242 g/mol. The number of halogens is 1. The van der Waals surface area contributed by atoms with Gasteiger partial charge >= 0.3 is 0 Å². The number of thioether (sulfide) groups is 1. The molecule has 1 aromatic heterocycles. The van der Waals surface area contributed by atoms with Crippen molar-refractivity contribution in [2.45, 2.75) is 17.7 Å². The lowest BCUT2D eigenvalue weighted by Crippen LogP contribution is -1.75. The van der Waals surface area contributed by atoms with Crippen molar-refractivity contribution in [3.05, 3.63) is 28.6 Å². The molecule has 1 heterocycles. The van der Waals surface area contributed by atoms with Crippen LogP contribution in [0.1, 0.15) is 10.4 Å². The van der Waals surface area contributed by atoms with Gasteiger partial charge in [-0.15, -0.1) is 34.7 Å². The quantitative estimate of drug-likeness (QED) is 0.545. The van der Waals surface area contributed by atoms with Crippen LogP contribution in [0.5, 0.6) is 0 Å². The molecule has 0 radical (unpaired) electrons. The van der Waals surface area contributed by atoms with E-state index in [-0.39, 0.29) is 0 Å². The SMILES string of the molecule is CSc1cc(C)c2cc(CCl)sc2c1. The summed E-state index contributed by atoms with van der Waals surface area (Å²) in [6.07, 6.45) is 2.11. The molecule has 0 aliphatic rings. The van der Waals surface area contributed by atoms with Gasteiger partial charge in [0, 0.05) is 14.5 Å². The van der Waals surface area contributed by atoms with Crippen LogP contribution in [0.25, 0.3) is 10.1 Å². The van der Waals surface area contributed by atoms with Gasteiger partial charge in [-0.25, -0.2) is 0 Å². The fraction of sp³-hybridized carbons (Fsp3) is 0.273. The number of alkyl halides is 1. The largest absolute Gasteiger partial charge is 0.139 e. The predicted molar refractivity (Wildman–Crippen MR) is 67.9 cm³/mol. The summed E-state index contributed by atoms with van der Waals surface area (Å²) >= 11 is 9.41. The van der Waals surface area contributed by atoms with Gasteiger partial charge in [0.05, 0.1) is 5.88 Å². The second-order valence-corrected chi connectivity index (χ2v) is 5.52. The Bertz CT molecular complexity index is 460. The van der Waals surface area contributed by atoms with Crippen LogP contribution in [-0.4, -0.2) is 6.26 Å². The summed E-state index contributed by atoms with van der Waals surface area (Å²) in [4.78, 5) is 2.58. The lowest BCUT2D eigenvalue weighted by atomic mass is 10.1. The number of thiophene rings is 1. The highest BCUT2D eigenvalue weighted by molar-refractivity contribution is 7.98. The van der Waals surface area contributed by atoms with Crippen molar-refractivity contribution in [1.29, 1.82) is 0 Å². The van der Waals surface area contributed by atoms with Crippen molar-refractivity contribution in [2.75, 3.05) is 6.26 Å². The van der Waals surface area contributed by atoms with Gasteiger partial charge < -0.3 is 0 Å². The van der Waals surface area contributed by atoms with Gasteiger partial charge in [0.2, 0.25) is 0 Å². The maximum atomic E-state index is 5.83. The van der Waals surface area contributed by atoms with Gasteiger partial charge in [0.1, 0.15) is 0 Å². The summed E-state index contributed by atoms with van der Waals surface area (Å²) < 4.78 is 1.35. The molecule has 74 valence electrons. The van der Waals surface area contributed by atoms with Gasteiger partial charge in [-0.2, -0.15) is 0 Å². The molecule has 0 aliphatic carbocycles. The van der Waals surface area contributed by atoms with Gasteiger partial charge in [-0.3, -0.25) is 0 Å². The van der Waals surface area contributed by atoms with Crippen molar-refractivity contribution in [3.8, 4) is 0 Å². The minimum atomic E-state index is 0.618. The average molecular weight is 243 g/mol. The highest BCUT2D eigenvalue weighted by Gasteiger charge is 2.05. The molecule has 14 heavy (non-hydrogen) atoms.